The summed E-state index contributed by atoms with van der Waals surface area (Å²) >= 11 is 3.48. The number of aromatic nitrogens is 1. The zero-order valence-corrected chi connectivity index (χ0v) is 13.9. The minimum Gasteiger partial charge on any atom is -0.314 e. The zero-order chi connectivity index (χ0) is 11.7. The first-order chi connectivity index (χ1) is 8.34. The summed E-state index contributed by atoms with van der Waals surface area (Å²) in [5, 5.41) is 3.42. The number of hydrogen-bond acceptors (Lipinski definition) is 3. The first-order valence-electron chi connectivity index (χ1n) is 6.42. The van der Waals surface area contributed by atoms with Crippen molar-refractivity contribution in [2.75, 3.05) is 26.2 Å². The number of nitrogens with zero attached hydrogens (tertiary/aromatic N) is 2. The third-order valence-corrected chi connectivity index (χ3v) is 4.09. The maximum atomic E-state index is 4.66. The van der Waals surface area contributed by atoms with Gasteiger partial charge in [-0.2, -0.15) is 0 Å². The van der Waals surface area contributed by atoms with Gasteiger partial charge in [0.25, 0.3) is 0 Å². The van der Waals surface area contributed by atoms with Crippen molar-refractivity contribution in [1.29, 1.82) is 0 Å². The van der Waals surface area contributed by atoms with Crippen LogP contribution >= 0.6 is 40.7 Å². The predicted octanol–water partition coefficient (Wildman–Crippen LogP) is 3.04. The van der Waals surface area contributed by atoms with E-state index in [1.54, 1.807) is 0 Å². The van der Waals surface area contributed by atoms with Crippen molar-refractivity contribution in [1.82, 2.24) is 15.2 Å². The van der Waals surface area contributed by atoms with E-state index < -0.39 is 0 Å². The molecule has 1 atom stereocenters. The monoisotopic (exact) mass is 367 g/mol. The maximum absolute atomic E-state index is 4.66. The van der Waals surface area contributed by atoms with Crippen molar-refractivity contribution in [3.8, 4) is 0 Å². The van der Waals surface area contributed by atoms with Gasteiger partial charge in [0.1, 0.15) is 4.60 Å². The van der Waals surface area contributed by atoms with Gasteiger partial charge in [-0.3, -0.25) is 4.90 Å². The summed E-state index contributed by atoms with van der Waals surface area (Å²) in [6, 6.07) is 6.82. The summed E-state index contributed by atoms with van der Waals surface area (Å²) in [5.41, 5.74) is 1.24. The molecule has 19 heavy (non-hydrogen) atoms. The molecule has 6 heteroatoms. The molecule has 2 aliphatic rings. The van der Waals surface area contributed by atoms with Crippen LogP contribution in [0.5, 0.6) is 0 Å². The number of rotatable bonds is 3. The van der Waals surface area contributed by atoms with Gasteiger partial charge in [-0.25, -0.2) is 4.98 Å². The molecule has 2 fully saturated rings. The molecule has 0 radical (unpaired) electrons. The molecular weight excluding hydrogens is 349 g/mol. The second kappa shape index (κ2) is 7.79. The SMILES string of the molecule is Brc1cccc([C@@H](C2CC2)N2CCNCC2)n1.Cl.Cl. The quantitative estimate of drug-likeness (QED) is 0.831. The van der Waals surface area contributed by atoms with E-state index in [0.29, 0.717) is 6.04 Å². The molecule has 1 aliphatic carbocycles. The molecule has 0 aromatic carbocycles. The first-order valence-corrected chi connectivity index (χ1v) is 7.21. The highest BCUT2D eigenvalue weighted by atomic mass is 79.9. The van der Waals surface area contributed by atoms with Crippen molar-refractivity contribution in [3.05, 3.63) is 28.5 Å². The smallest absolute Gasteiger partial charge is 0.106 e. The first kappa shape index (κ1) is 17.2. The Morgan fingerprint density at radius 1 is 1.21 bits per heavy atom. The normalized spacial score (nSPS) is 21.1. The Kier molecular flexibility index (Phi) is 7.05. The molecule has 1 aromatic rings. The summed E-state index contributed by atoms with van der Waals surface area (Å²) < 4.78 is 0.954. The topological polar surface area (TPSA) is 28.2 Å². The second-order valence-electron chi connectivity index (χ2n) is 4.95. The third kappa shape index (κ3) is 4.30. The molecule has 3 rings (SSSR count). The van der Waals surface area contributed by atoms with Gasteiger partial charge < -0.3 is 5.32 Å². The Bertz CT molecular complexity index is 395. The van der Waals surface area contributed by atoms with Gasteiger partial charge in [-0.15, -0.1) is 24.8 Å². The van der Waals surface area contributed by atoms with Crippen molar-refractivity contribution in [2.24, 2.45) is 5.92 Å². The Hall–Kier alpha value is 0.130. The van der Waals surface area contributed by atoms with Gasteiger partial charge >= 0.3 is 0 Å². The Morgan fingerprint density at radius 2 is 1.89 bits per heavy atom. The average molecular weight is 369 g/mol. The molecule has 108 valence electrons. The van der Waals surface area contributed by atoms with E-state index in [9.17, 15) is 0 Å². The zero-order valence-electron chi connectivity index (χ0n) is 10.7. The molecule has 0 unspecified atom stereocenters. The van der Waals surface area contributed by atoms with E-state index in [0.717, 1.165) is 36.7 Å². The highest BCUT2D eigenvalue weighted by Gasteiger charge is 2.37. The van der Waals surface area contributed by atoms with Crippen LogP contribution in [0.3, 0.4) is 0 Å². The molecular formula is C13H20BrCl2N3. The molecule has 2 heterocycles. The lowest BCUT2D eigenvalue weighted by Gasteiger charge is -2.34. The lowest BCUT2D eigenvalue weighted by atomic mass is 10.1. The summed E-state index contributed by atoms with van der Waals surface area (Å²) in [6.07, 6.45) is 2.73. The Morgan fingerprint density at radius 3 is 2.47 bits per heavy atom. The van der Waals surface area contributed by atoms with Crippen LogP contribution in [0, 0.1) is 5.92 Å². The van der Waals surface area contributed by atoms with Crippen LogP contribution < -0.4 is 5.32 Å². The van der Waals surface area contributed by atoms with Crippen molar-refractivity contribution >= 4 is 40.7 Å². The Balaban J connectivity index is 0.000000902. The highest BCUT2D eigenvalue weighted by molar-refractivity contribution is 9.10. The fraction of sp³-hybridized carbons (Fsp3) is 0.615. The molecule has 1 saturated carbocycles. The van der Waals surface area contributed by atoms with E-state index in [1.165, 1.54) is 18.5 Å². The standard InChI is InChI=1S/C13H18BrN3.2ClH/c14-12-3-1-2-11(16-12)13(10-4-5-10)17-8-6-15-7-9-17;;/h1-3,10,13,15H,4-9H2;2*1H/t13-;;/m1../s1. The van der Waals surface area contributed by atoms with Crippen LogP contribution in [0.15, 0.2) is 22.8 Å². The lowest BCUT2D eigenvalue weighted by Crippen LogP contribution is -2.45. The molecule has 0 spiro atoms. The van der Waals surface area contributed by atoms with Crippen LogP contribution in [-0.4, -0.2) is 36.1 Å². The largest absolute Gasteiger partial charge is 0.314 e. The summed E-state index contributed by atoms with van der Waals surface area (Å²) in [4.78, 5) is 7.26. The van der Waals surface area contributed by atoms with E-state index in [4.69, 9.17) is 0 Å². The third-order valence-electron chi connectivity index (χ3n) is 3.65. The van der Waals surface area contributed by atoms with Crippen LogP contribution in [-0.2, 0) is 0 Å². The van der Waals surface area contributed by atoms with Crippen LogP contribution in [0.4, 0.5) is 0 Å². The minimum atomic E-state index is 0. The molecule has 1 N–H and O–H groups in total. The maximum Gasteiger partial charge on any atom is 0.106 e. The van der Waals surface area contributed by atoms with Gasteiger partial charge in [0, 0.05) is 26.2 Å². The Labute approximate surface area is 135 Å². The summed E-state index contributed by atoms with van der Waals surface area (Å²) in [7, 11) is 0. The van der Waals surface area contributed by atoms with Gasteiger partial charge in [-0.1, -0.05) is 6.07 Å². The molecule has 1 saturated heterocycles. The minimum absolute atomic E-state index is 0. The highest BCUT2D eigenvalue weighted by Crippen LogP contribution is 2.44. The van der Waals surface area contributed by atoms with E-state index in [-0.39, 0.29) is 24.8 Å². The number of nitrogens with one attached hydrogen (secondary N) is 1. The number of pyridine rings is 1. The van der Waals surface area contributed by atoms with Gasteiger partial charge in [0.05, 0.1) is 11.7 Å². The van der Waals surface area contributed by atoms with E-state index in [1.807, 2.05) is 6.07 Å². The summed E-state index contributed by atoms with van der Waals surface area (Å²) in [5.74, 6) is 0.829. The lowest BCUT2D eigenvalue weighted by molar-refractivity contribution is 0.153. The number of piperazine rings is 1. The van der Waals surface area contributed by atoms with E-state index in [2.05, 4.69) is 43.3 Å². The number of hydrogen-bond donors (Lipinski definition) is 1. The average Bonchev–Trinajstić information content (AvgIpc) is 3.15. The van der Waals surface area contributed by atoms with Crippen LogP contribution in [0.25, 0.3) is 0 Å². The van der Waals surface area contributed by atoms with Gasteiger partial charge in [0.15, 0.2) is 0 Å². The van der Waals surface area contributed by atoms with Crippen LogP contribution in [0.2, 0.25) is 0 Å². The van der Waals surface area contributed by atoms with E-state index >= 15 is 0 Å². The predicted molar refractivity (Wildman–Crippen MR) is 86.3 cm³/mol. The molecule has 1 aromatic heterocycles. The van der Waals surface area contributed by atoms with Gasteiger partial charge in [-0.05, 0) is 46.8 Å². The molecule has 0 amide bonds. The van der Waals surface area contributed by atoms with Crippen LogP contribution in [0.1, 0.15) is 24.6 Å². The van der Waals surface area contributed by atoms with Crippen molar-refractivity contribution < 1.29 is 0 Å². The van der Waals surface area contributed by atoms with Crippen molar-refractivity contribution in [2.45, 2.75) is 18.9 Å². The fourth-order valence-corrected chi connectivity index (χ4v) is 3.05. The summed E-state index contributed by atoms with van der Waals surface area (Å²) in [6.45, 7) is 4.51. The molecule has 0 bridgehead atoms. The number of halogens is 3. The molecule has 1 aliphatic heterocycles. The molecule has 3 nitrogen and oxygen atoms in total. The van der Waals surface area contributed by atoms with Crippen molar-refractivity contribution in [3.63, 3.8) is 0 Å². The second-order valence-corrected chi connectivity index (χ2v) is 5.77. The van der Waals surface area contributed by atoms with Gasteiger partial charge in [0.2, 0.25) is 0 Å². The fourth-order valence-electron chi connectivity index (χ4n) is 2.69.